The van der Waals surface area contributed by atoms with Crippen LogP contribution < -0.4 is 15.4 Å². The molecule has 1 saturated heterocycles. The fourth-order valence-corrected chi connectivity index (χ4v) is 3.38. The van der Waals surface area contributed by atoms with E-state index in [0.29, 0.717) is 12.5 Å². The third-order valence-corrected chi connectivity index (χ3v) is 5.15. The summed E-state index contributed by atoms with van der Waals surface area (Å²) in [5.74, 6) is 2.51. The average molecular weight is 391 g/mol. The van der Waals surface area contributed by atoms with Crippen molar-refractivity contribution in [2.24, 2.45) is 10.9 Å². The van der Waals surface area contributed by atoms with Crippen molar-refractivity contribution in [1.29, 1.82) is 0 Å². The molecule has 2 N–H and O–H groups in total. The molecule has 158 valence electrons. The van der Waals surface area contributed by atoms with Crippen LogP contribution >= 0.6 is 0 Å². The Bertz CT molecular complexity index is 586. The first kappa shape index (κ1) is 22.5. The van der Waals surface area contributed by atoms with Crippen LogP contribution in [0, 0.1) is 12.8 Å². The van der Waals surface area contributed by atoms with Crippen molar-refractivity contribution in [3.8, 4) is 5.75 Å². The smallest absolute Gasteiger partial charge is 0.191 e. The van der Waals surface area contributed by atoms with E-state index in [4.69, 9.17) is 14.5 Å². The first-order chi connectivity index (χ1) is 13.6. The molecule has 1 heterocycles. The molecular weight excluding hydrogens is 352 g/mol. The maximum absolute atomic E-state index is 6.03. The van der Waals surface area contributed by atoms with Gasteiger partial charge < -0.3 is 25.0 Å². The molecule has 6 heteroatoms. The van der Waals surface area contributed by atoms with Gasteiger partial charge in [-0.2, -0.15) is 0 Å². The summed E-state index contributed by atoms with van der Waals surface area (Å²) in [7, 11) is 1.77. The number of methoxy groups -OCH3 is 1. The van der Waals surface area contributed by atoms with Crippen LogP contribution in [0.4, 0.5) is 0 Å². The highest BCUT2D eigenvalue weighted by Crippen LogP contribution is 2.18. The molecular formula is C22H38N4O2. The second-order valence-electron chi connectivity index (χ2n) is 7.57. The van der Waals surface area contributed by atoms with Crippen molar-refractivity contribution in [1.82, 2.24) is 15.5 Å². The average Bonchev–Trinajstić information content (AvgIpc) is 2.71. The third-order valence-electron chi connectivity index (χ3n) is 5.15. The van der Waals surface area contributed by atoms with Crippen LogP contribution in [0.2, 0.25) is 0 Å². The summed E-state index contributed by atoms with van der Waals surface area (Å²) >= 11 is 0. The molecule has 0 amide bonds. The van der Waals surface area contributed by atoms with E-state index in [1.54, 1.807) is 7.11 Å². The van der Waals surface area contributed by atoms with Gasteiger partial charge in [-0.25, -0.2) is 4.99 Å². The fourth-order valence-electron chi connectivity index (χ4n) is 3.38. The first-order valence-electron chi connectivity index (χ1n) is 10.6. The van der Waals surface area contributed by atoms with Crippen molar-refractivity contribution in [2.45, 2.75) is 39.7 Å². The van der Waals surface area contributed by atoms with Crippen molar-refractivity contribution in [3.63, 3.8) is 0 Å². The Balaban J connectivity index is 1.75. The maximum Gasteiger partial charge on any atom is 0.191 e. The molecule has 1 atom stereocenters. The van der Waals surface area contributed by atoms with Gasteiger partial charge in [0.2, 0.25) is 0 Å². The summed E-state index contributed by atoms with van der Waals surface area (Å²) in [6, 6.07) is 8.11. The summed E-state index contributed by atoms with van der Waals surface area (Å²) < 4.78 is 11.2. The zero-order valence-electron chi connectivity index (χ0n) is 18.0. The third kappa shape index (κ3) is 8.07. The fraction of sp³-hybridized carbons (Fsp3) is 0.682. The van der Waals surface area contributed by atoms with Crippen LogP contribution in [-0.4, -0.2) is 69.9 Å². The van der Waals surface area contributed by atoms with Gasteiger partial charge in [0.15, 0.2) is 5.96 Å². The highest BCUT2D eigenvalue weighted by Gasteiger charge is 2.19. The van der Waals surface area contributed by atoms with E-state index >= 15 is 0 Å². The summed E-state index contributed by atoms with van der Waals surface area (Å²) in [4.78, 5) is 7.21. The van der Waals surface area contributed by atoms with Crippen molar-refractivity contribution in [3.05, 3.63) is 29.8 Å². The summed E-state index contributed by atoms with van der Waals surface area (Å²) in [5, 5.41) is 6.86. The number of piperidine rings is 1. The molecule has 0 aliphatic carbocycles. The van der Waals surface area contributed by atoms with E-state index < -0.39 is 0 Å². The Labute approximate surface area is 170 Å². The Hall–Kier alpha value is -1.79. The van der Waals surface area contributed by atoms with Crippen LogP contribution in [-0.2, 0) is 4.74 Å². The highest BCUT2D eigenvalue weighted by atomic mass is 16.5. The van der Waals surface area contributed by atoms with Crippen LogP contribution in [0.15, 0.2) is 29.3 Å². The molecule has 1 aliphatic heterocycles. The van der Waals surface area contributed by atoms with E-state index in [1.807, 2.05) is 18.2 Å². The number of nitrogens with zero attached hydrogens (tertiary/aromatic N) is 2. The predicted octanol–water partition coefficient (Wildman–Crippen LogP) is 2.68. The Morgan fingerprint density at radius 2 is 2.00 bits per heavy atom. The van der Waals surface area contributed by atoms with Gasteiger partial charge in [-0.05, 0) is 64.3 Å². The molecule has 0 spiro atoms. The van der Waals surface area contributed by atoms with E-state index in [-0.39, 0.29) is 6.10 Å². The number of aryl methyl sites for hydroxylation is 1. The lowest BCUT2D eigenvalue weighted by Crippen LogP contribution is -2.43. The summed E-state index contributed by atoms with van der Waals surface area (Å²) in [6.07, 6.45) is 2.48. The van der Waals surface area contributed by atoms with Crippen LogP contribution in [0.5, 0.6) is 5.75 Å². The monoisotopic (exact) mass is 390 g/mol. The van der Waals surface area contributed by atoms with Crippen LogP contribution in [0.3, 0.4) is 0 Å². The lowest BCUT2D eigenvalue weighted by Gasteiger charge is -2.32. The zero-order chi connectivity index (χ0) is 20.2. The number of para-hydroxylation sites is 1. The minimum atomic E-state index is 0.0283. The largest absolute Gasteiger partial charge is 0.489 e. The van der Waals surface area contributed by atoms with E-state index in [1.165, 1.54) is 12.8 Å². The number of ether oxygens (including phenoxy) is 2. The van der Waals surface area contributed by atoms with Gasteiger partial charge in [-0.3, -0.25) is 0 Å². The van der Waals surface area contributed by atoms with Crippen LogP contribution in [0.25, 0.3) is 0 Å². The molecule has 6 nitrogen and oxygen atoms in total. The number of benzene rings is 1. The van der Waals surface area contributed by atoms with E-state index in [2.05, 4.69) is 42.4 Å². The second-order valence-corrected chi connectivity index (χ2v) is 7.57. The minimum absolute atomic E-state index is 0.0283. The van der Waals surface area contributed by atoms with Crippen molar-refractivity contribution >= 4 is 5.96 Å². The zero-order valence-corrected chi connectivity index (χ0v) is 18.0. The number of hydrogen-bond acceptors (Lipinski definition) is 4. The van der Waals surface area contributed by atoms with Gasteiger partial charge in [0.25, 0.3) is 0 Å². The lowest BCUT2D eigenvalue weighted by atomic mass is 9.97. The van der Waals surface area contributed by atoms with Crippen molar-refractivity contribution < 1.29 is 9.47 Å². The Morgan fingerprint density at radius 3 is 2.68 bits per heavy atom. The quantitative estimate of drug-likeness (QED) is 0.475. The normalized spacial score (nSPS) is 17.4. The Morgan fingerprint density at radius 1 is 1.25 bits per heavy atom. The van der Waals surface area contributed by atoms with Gasteiger partial charge in [-0.1, -0.05) is 18.2 Å². The van der Waals surface area contributed by atoms with Crippen molar-refractivity contribution in [2.75, 3.05) is 53.0 Å². The molecule has 0 radical (unpaired) electrons. The molecule has 1 aromatic rings. The summed E-state index contributed by atoms with van der Waals surface area (Å²) in [6.45, 7) is 12.9. The lowest BCUT2D eigenvalue weighted by molar-refractivity contribution is 0.121. The van der Waals surface area contributed by atoms with E-state index in [9.17, 15) is 0 Å². The van der Waals surface area contributed by atoms with Gasteiger partial charge in [0.1, 0.15) is 11.9 Å². The standard InChI is InChI=1S/C22H38N4O2/c1-5-23-22(24-16-19(3)28-21-9-7-6-8-18(21)2)25-17-20-10-12-26(13-11-20)14-15-27-4/h6-9,19-20H,5,10-17H2,1-4H3,(H2,23,24,25). The molecule has 0 saturated carbocycles. The molecule has 1 fully saturated rings. The molecule has 2 rings (SSSR count). The molecule has 0 bridgehead atoms. The van der Waals surface area contributed by atoms with Gasteiger partial charge in [0, 0.05) is 26.7 Å². The number of guanidine groups is 1. The second kappa shape index (κ2) is 12.6. The maximum atomic E-state index is 6.03. The molecule has 1 aromatic carbocycles. The predicted molar refractivity (Wildman–Crippen MR) is 116 cm³/mol. The molecule has 1 aliphatic rings. The molecule has 28 heavy (non-hydrogen) atoms. The molecule has 1 unspecified atom stereocenters. The van der Waals surface area contributed by atoms with Crippen LogP contribution in [0.1, 0.15) is 32.3 Å². The van der Waals surface area contributed by atoms with Gasteiger partial charge in [-0.15, -0.1) is 0 Å². The SMILES string of the molecule is CCNC(=NCC(C)Oc1ccccc1C)NCC1CCN(CCOC)CC1. The number of hydrogen-bond donors (Lipinski definition) is 2. The summed E-state index contributed by atoms with van der Waals surface area (Å²) in [5.41, 5.74) is 1.15. The molecule has 0 aromatic heterocycles. The number of rotatable bonds is 10. The number of aliphatic imine (C=N–C) groups is 1. The highest BCUT2D eigenvalue weighted by molar-refractivity contribution is 5.79. The van der Waals surface area contributed by atoms with Gasteiger partial charge in [0.05, 0.1) is 13.2 Å². The number of likely N-dealkylation sites (tertiary alicyclic amines) is 1. The Kier molecular flexibility index (Phi) is 10.1. The van der Waals surface area contributed by atoms with E-state index in [0.717, 1.165) is 56.6 Å². The minimum Gasteiger partial charge on any atom is -0.489 e. The number of nitrogens with one attached hydrogen (secondary N) is 2. The van der Waals surface area contributed by atoms with Gasteiger partial charge >= 0.3 is 0 Å². The topological polar surface area (TPSA) is 58.1 Å². The first-order valence-corrected chi connectivity index (χ1v) is 10.6.